The molecule has 2 saturated heterocycles. The van der Waals surface area contributed by atoms with Gasteiger partial charge in [0.25, 0.3) is 8.32 Å². The average Bonchev–Trinajstić information content (AvgIpc) is 3.24. The van der Waals surface area contributed by atoms with Gasteiger partial charge in [-0.1, -0.05) is 93.0 Å². The summed E-state index contributed by atoms with van der Waals surface area (Å²) in [7, 11) is -2.68. The molecular formula is C30H37ClN4O4Si. The molecule has 212 valence electrons. The van der Waals surface area contributed by atoms with E-state index in [2.05, 4.69) is 79.3 Å². The zero-order valence-electron chi connectivity index (χ0n) is 23.5. The third-order valence-corrected chi connectivity index (χ3v) is 13.0. The molecule has 2 aliphatic rings. The van der Waals surface area contributed by atoms with Crippen LogP contribution in [0.15, 0.2) is 66.7 Å². The molecule has 2 atom stereocenters. The summed E-state index contributed by atoms with van der Waals surface area (Å²) in [6, 6.07) is 22.4. The highest BCUT2D eigenvalue weighted by Gasteiger charge is 2.50. The number of nitrogens with zero attached hydrogens (tertiary/aromatic N) is 4. The van der Waals surface area contributed by atoms with Gasteiger partial charge in [0.1, 0.15) is 17.1 Å². The number of anilines is 2. The fourth-order valence-corrected chi connectivity index (χ4v) is 10.5. The number of hydrogen-bond acceptors (Lipinski definition) is 7. The van der Waals surface area contributed by atoms with Gasteiger partial charge in [-0.25, -0.2) is 9.78 Å². The molecule has 1 amide bonds. The second kappa shape index (κ2) is 11.9. The zero-order chi connectivity index (χ0) is 28.3. The zero-order valence-corrected chi connectivity index (χ0v) is 25.3. The number of halogens is 1. The first-order chi connectivity index (χ1) is 19.2. The van der Waals surface area contributed by atoms with Crippen molar-refractivity contribution in [2.45, 2.75) is 51.3 Å². The Bertz CT molecular complexity index is 1260. The van der Waals surface area contributed by atoms with Crippen LogP contribution >= 0.6 is 11.6 Å². The standard InChI is InChI=1S/C30H37ClN4O4Si/c1-22-25(39-29(36)35(22)27-21-26(31)32-28(33-27)34-16-19-37-20-17-34)15-18-38-40(30(2,3)4,23-11-7-5-8-12-23)24-13-9-6-10-14-24/h5-14,21-22,25H,15-20H2,1-4H3/t22-,25+/m0/s1. The van der Waals surface area contributed by atoms with E-state index in [1.165, 1.54) is 10.4 Å². The van der Waals surface area contributed by atoms with Crippen molar-refractivity contribution in [3.63, 3.8) is 0 Å². The summed E-state index contributed by atoms with van der Waals surface area (Å²) < 4.78 is 18.3. The summed E-state index contributed by atoms with van der Waals surface area (Å²) in [5.41, 5.74) is 0. The lowest BCUT2D eigenvalue weighted by Gasteiger charge is -2.43. The van der Waals surface area contributed by atoms with Crippen LogP contribution in [0.1, 0.15) is 34.1 Å². The molecule has 5 rings (SSSR count). The van der Waals surface area contributed by atoms with Crippen LogP contribution in [0, 0.1) is 0 Å². The lowest BCUT2D eigenvalue weighted by Crippen LogP contribution is -2.66. The Kier molecular flexibility index (Phi) is 8.46. The molecule has 0 radical (unpaired) electrons. The Morgan fingerprint density at radius 2 is 1.60 bits per heavy atom. The Morgan fingerprint density at radius 1 is 1.00 bits per heavy atom. The van der Waals surface area contributed by atoms with Gasteiger partial charge in [-0.05, 0) is 22.3 Å². The Balaban J connectivity index is 1.36. The fraction of sp³-hybridized carbons (Fsp3) is 0.433. The molecule has 40 heavy (non-hydrogen) atoms. The van der Waals surface area contributed by atoms with E-state index in [1.807, 2.05) is 24.0 Å². The van der Waals surface area contributed by atoms with Gasteiger partial charge in [-0.2, -0.15) is 4.98 Å². The van der Waals surface area contributed by atoms with E-state index in [9.17, 15) is 4.79 Å². The molecule has 8 nitrogen and oxygen atoms in total. The van der Waals surface area contributed by atoms with E-state index in [4.69, 9.17) is 25.5 Å². The van der Waals surface area contributed by atoms with Crippen molar-refractivity contribution in [2.75, 3.05) is 42.7 Å². The Hall–Kier alpha value is -2.98. The molecule has 0 spiro atoms. The normalized spacial score (nSPS) is 20.1. The quantitative estimate of drug-likeness (QED) is 0.284. The highest BCUT2D eigenvalue weighted by molar-refractivity contribution is 6.99. The van der Waals surface area contributed by atoms with Crippen molar-refractivity contribution in [3.05, 3.63) is 71.9 Å². The first kappa shape index (κ1) is 28.5. The summed E-state index contributed by atoms with van der Waals surface area (Å²) in [5, 5.41) is 2.59. The van der Waals surface area contributed by atoms with Crippen molar-refractivity contribution in [1.29, 1.82) is 0 Å². The molecule has 10 heteroatoms. The largest absolute Gasteiger partial charge is 0.444 e. The Labute approximate surface area is 242 Å². The fourth-order valence-electron chi connectivity index (χ4n) is 5.73. The van der Waals surface area contributed by atoms with Gasteiger partial charge < -0.3 is 18.8 Å². The van der Waals surface area contributed by atoms with Gasteiger partial charge in [0.15, 0.2) is 0 Å². The van der Waals surface area contributed by atoms with Crippen LogP contribution in [0.25, 0.3) is 0 Å². The van der Waals surface area contributed by atoms with Crippen molar-refractivity contribution in [2.24, 2.45) is 0 Å². The van der Waals surface area contributed by atoms with Crippen LogP contribution in [-0.2, 0) is 13.9 Å². The predicted octanol–water partition coefficient (Wildman–Crippen LogP) is 4.65. The number of morpholine rings is 1. The maximum absolute atomic E-state index is 13.1. The molecule has 3 heterocycles. The van der Waals surface area contributed by atoms with Crippen molar-refractivity contribution < 1.29 is 18.7 Å². The molecule has 2 aliphatic heterocycles. The van der Waals surface area contributed by atoms with Crippen LogP contribution < -0.4 is 20.2 Å². The molecule has 0 N–H and O–H groups in total. The van der Waals surface area contributed by atoms with Crippen molar-refractivity contribution in [3.8, 4) is 0 Å². The number of rotatable bonds is 8. The minimum atomic E-state index is -2.68. The molecule has 0 saturated carbocycles. The van der Waals surface area contributed by atoms with Crippen LogP contribution in [-0.4, -0.2) is 69.4 Å². The van der Waals surface area contributed by atoms with Gasteiger partial charge in [-0.15, -0.1) is 0 Å². The molecule has 1 aromatic heterocycles. The highest BCUT2D eigenvalue weighted by atomic mass is 35.5. The number of cyclic esters (lactones) is 1. The van der Waals surface area contributed by atoms with Crippen LogP contribution in [0.4, 0.5) is 16.6 Å². The Morgan fingerprint density at radius 3 is 2.17 bits per heavy atom. The molecular weight excluding hydrogens is 544 g/mol. The maximum atomic E-state index is 13.1. The molecule has 0 bridgehead atoms. The minimum Gasteiger partial charge on any atom is -0.444 e. The molecule has 0 aliphatic carbocycles. The van der Waals surface area contributed by atoms with Gasteiger partial charge in [0, 0.05) is 32.2 Å². The van der Waals surface area contributed by atoms with E-state index < -0.39 is 14.4 Å². The third-order valence-electron chi connectivity index (χ3n) is 7.74. The second-order valence-electron chi connectivity index (χ2n) is 11.3. The molecule has 3 aromatic rings. The van der Waals surface area contributed by atoms with Gasteiger partial charge in [0.05, 0.1) is 19.3 Å². The van der Waals surface area contributed by atoms with E-state index in [1.54, 1.807) is 11.0 Å². The number of ether oxygens (including phenoxy) is 2. The SMILES string of the molecule is C[C@H]1[C@@H](CCO[Si](c2ccccc2)(c2ccccc2)C(C)(C)C)OC(=O)N1c1cc(Cl)nc(N2CCOCC2)n1. The van der Waals surface area contributed by atoms with Gasteiger partial charge in [0.2, 0.25) is 5.95 Å². The first-order valence-electron chi connectivity index (χ1n) is 13.8. The van der Waals surface area contributed by atoms with E-state index >= 15 is 0 Å². The molecule has 2 aromatic carbocycles. The highest BCUT2D eigenvalue weighted by Crippen LogP contribution is 2.37. The summed E-state index contributed by atoms with van der Waals surface area (Å²) in [4.78, 5) is 25.7. The van der Waals surface area contributed by atoms with Crippen LogP contribution in [0.5, 0.6) is 0 Å². The van der Waals surface area contributed by atoms with E-state index in [0.29, 0.717) is 51.1 Å². The number of carbonyl (C=O) groups is 1. The molecule has 0 unspecified atom stereocenters. The monoisotopic (exact) mass is 580 g/mol. The number of amides is 1. The summed E-state index contributed by atoms with van der Waals surface area (Å²) in [5.74, 6) is 0.929. The van der Waals surface area contributed by atoms with Crippen LogP contribution in [0.3, 0.4) is 0 Å². The van der Waals surface area contributed by atoms with E-state index in [-0.39, 0.29) is 22.3 Å². The van der Waals surface area contributed by atoms with Gasteiger partial charge in [-0.3, -0.25) is 4.90 Å². The number of aromatic nitrogens is 2. The minimum absolute atomic E-state index is 0.132. The topological polar surface area (TPSA) is 77.0 Å². The predicted molar refractivity (Wildman–Crippen MR) is 160 cm³/mol. The van der Waals surface area contributed by atoms with Crippen molar-refractivity contribution in [1.82, 2.24) is 9.97 Å². The number of carbonyl (C=O) groups excluding carboxylic acids is 1. The first-order valence-corrected chi connectivity index (χ1v) is 16.1. The molecule has 2 fully saturated rings. The van der Waals surface area contributed by atoms with Crippen molar-refractivity contribution >= 4 is 48.2 Å². The summed E-state index contributed by atoms with van der Waals surface area (Å²) in [6.45, 7) is 11.7. The average molecular weight is 581 g/mol. The smallest absolute Gasteiger partial charge is 0.416 e. The number of hydrogen-bond donors (Lipinski definition) is 0. The number of benzene rings is 2. The lowest BCUT2D eigenvalue weighted by molar-refractivity contribution is 0.114. The summed E-state index contributed by atoms with van der Waals surface area (Å²) >= 11 is 6.37. The summed E-state index contributed by atoms with van der Waals surface area (Å²) in [6.07, 6.45) is -0.236. The third kappa shape index (κ3) is 5.61. The lowest BCUT2D eigenvalue weighted by atomic mass is 10.1. The van der Waals surface area contributed by atoms with E-state index in [0.717, 1.165) is 0 Å². The second-order valence-corrected chi connectivity index (χ2v) is 16.0. The van der Waals surface area contributed by atoms with Gasteiger partial charge >= 0.3 is 6.09 Å². The van der Waals surface area contributed by atoms with Crippen LogP contribution in [0.2, 0.25) is 10.2 Å². The maximum Gasteiger partial charge on any atom is 0.416 e.